The number of rotatable bonds is 4. The maximum atomic E-state index is 12.4. The van der Waals surface area contributed by atoms with Gasteiger partial charge in [-0.1, -0.05) is 71.6 Å². The molecule has 7 heteroatoms. The Kier molecular flexibility index (Phi) is 4.52. The van der Waals surface area contributed by atoms with Crippen molar-refractivity contribution in [1.29, 1.82) is 0 Å². The molecule has 0 atom stereocenters. The average Bonchev–Trinajstić information content (AvgIpc) is 2.98. The summed E-state index contributed by atoms with van der Waals surface area (Å²) in [7, 11) is 0. The van der Waals surface area contributed by atoms with E-state index >= 15 is 0 Å². The number of H-pyrrole nitrogens is 1. The van der Waals surface area contributed by atoms with Crippen molar-refractivity contribution in [3.05, 3.63) is 80.5 Å². The number of hydrogen-bond donors (Lipinski definition) is 1. The third kappa shape index (κ3) is 3.30. The first-order chi connectivity index (χ1) is 12.2. The third-order valence-corrected chi connectivity index (χ3v) is 5.96. The molecular formula is C18H13N3OS3. The van der Waals surface area contributed by atoms with E-state index < -0.39 is 0 Å². The maximum Gasteiger partial charge on any atom is 0.271 e. The van der Waals surface area contributed by atoms with Crippen molar-refractivity contribution in [2.45, 2.75) is 10.9 Å². The lowest BCUT2D eigenvalue weighted by Crippen LogP contribution is -2.09. The van der Waals surface area contributed by atoms with Crippen LogP contribution in [0.2, 0.25) is 0 Å². The SMILES string of the molecule is O=c1[nH]c(SCc2ccccc2)nc2c1sc(=S)n2-c1ccccc1. The van der Waals surface area contributed by atoms with E-state index in [2.05, 4.69) is 22.1 Å². The largest absolute Gasteiger partial charge is 0.300 e. The first-order valence-electron chi connectivity index (χ1n) is 7.60. The lowest BCUT2D eigenvalue weighted by atomic mass is 10.2. The molecule has 0 unspecified atom stereocenters. The fraction of sp³-hybridized carbons (Fsp3) is 0.0556. The van der Waals surface area contributed by atoms with E-state index in [9.17, 15) is 4.79 Å². The molecule has 0 aliphatic rings. The number of benzene rings is 2. The van der Waals surface area contributed by atoms with E-state index in [1.165, 1.54) is 28.7 Å². The highest BCUT2D eigenvalue weighted by Gasteiger charge is 2.13. The van der Waals surface area contributed by atoms with Crippen LogP contribution >= 0.6 is 35.3 Å². The van der Waals surface area contributed by atoms with Crippen molar-refractivity contribution in [2.75, 3.05) is 0 Å². The molecule has 2 aromatic carbocycles. The van der Waals surface area contributed by atoms with Gasteiger partial charge in [0.25, 0.3) is 5.56 Å². The lowest BCUT2D eigenvalue weighted by molar-refractivity contribution is 0.943. The van der Waals surface area contributed by atoms with Crippen LogP contribution < -0.4 is 5.56 Å². The Morgan fingerprint density at radius 1 is 1.08 bits per heavy atom. The second kappa shape index (κ2) is 6.95. The summed E-state index contributed by atoms with van der Waals surface area (Å²) in [6.45, 7) is 0. The highest BCUT2D eigenvalue weighted by Crippen LogP contribution is 2.25. The summed E-state index contributed by atoms with van der Waals surface area (Å²) in [5, 5.41) is 0.596. The first-order valence-corrected chi connectivity index (χ1v) is 9.81. The molecule has 4 rings (SSSR count). The van der Waals surface area contributed by atoms with Gasteiger partial charge in [0.05, 0.1) is 0 Å². The summed E-state index contributed by atoms with van der Waals surface area (Å²) >= 11 is 8.25. The van der Waals surface area contributed by atoms with Crippen molar-refractivity contribution < 1.29 is 0 Å². The van der Waals surface area contributed by atoms with Crippen molar-refractivity contribution in [2.24, 2.45) is 0 Å². The molecule has 0 spiro atoms. The normalized spacial score (nSPS) is 11.0. The van der Waals surface area contributed by atoms with Gasteiger partial charge in [0.2, 0.25) is 0 Å². The summed E-state index contributed by atoms with van der Waals surface area (Å²) in [4.78, 5) is 20.0. The van der Waals surface area contributed by atoms with Gasteiger partial charge in [-0.25, -0.2) is 4.98 Å². The van der Waals surface area contributed by atoms with Crippen LogP contribution in [-0.4, -0.2) is 14.5 Å². The fourth-order valence-corrected chi connectivity index (χ4v) is 4.58. The fourth-order valence-electron chi connectivity index (χ4n) is 2.49. The number of thiazole rings is 1. The summed E-state index contributed by atoms with van der Waals surface area (Å²) in [5.74, 6) is 0.742. The summed E-state index contributed by atoms with van der Waals surface area (Å²) < 4.78 is 3.03. The number of nitrogens with zero attached hydrogens (tertiary/aromatic N) is 2. The molecule has 0 amide bonds. The van der Waals surface area contributed by atoms with Crippen molar-refractivity contribution in [1.82, 2.24) is 14.5 Å². The van der Waals surface area contributed by atoms with Crippen molar-refractivity contribution in [3.63, 3.8) is 0 Å². The van der Waals surface area contributed by atoms with Crippen LogP contribution in [0.1, 0.15) is 5.56 Å². The molecule has 124 valence electrons. The average molecular weight is 384 g/mol. The molecular weight excluding hydrogens is 370 g/mol. The van der Waals surface area contributed by atoms with Crippen molar-refractivity contribution >= 4 is 45.7 Å². The molecule has 0 bridgehead atoms. The molecule has 0 fully saturated rings. The quantitative estimate of drug-likeness (QED) is 0.312. The van der Waals surface area contributed by atoms with Crippen LogP contribution in [0.15, 0.2) is 70.6 Å². The number of hydrogen-bond acceptors (Lipinski definition) is 5. The van der Waals surface area contributed by atoms with E-state index in [4.69, 9.17) is 12.2 Å². The van der Waals surface area contributed by atoms with Crippen LogP contribution in [0, 0.1) is 3.95 Å². The van der Waals surface area contributed by atoms with E-state index in [0.29, 0.717) is 19.5 Å². The molecule has 1 N–H and O–H groups in total. The van der Waals surface area contributed by atoms with Gasteiger partial charge in [0.15, 0.2) is 14.8 Å². The van der Waals surface area contributed by atoms with Gasteiger partial charge in [-0.2, -0.15) is 0 Å². The lowest BCUT2D eigenvalue weighted by Gasteiger charge is -2.05. The van der Waals surface area contributed by atoms with Crippen LogP contribution in [0.3, 0.4) is 0 Å². The van der Waals surface area contributed by atoms with Crippen LogP contribution in [0.5, 0.6) is 0 Å². The highest BCUT2D eigenvalue weighted by atomic mass is 32.2. The van der Waals surface area contributed by atoms with Gasteiger partial charge < -0.3 is 4.98 Å². The number of thioether (sulfide) groups is 1. The molecule has 25 heavy (non-hydrogen) atoms. The molecule has 0 aliphatic heterocycles. The van der Waals surface area contributed by atoms with E-state index in [1.54, 1.807) is 0 Å². The first kappa shape index (κ1) is 16.3. The predicted octanol–water partition coefficient (Wildman–Crippen LogP) is 4.80. The highest BCUT2D eigenvalue weighted by molar-refractivity contribution is 7.98. The molecule has 4 aromatic rings. The molecule has 2 heterocycles. The number of aromatic nitrogens is 3. The monoisotopic (exact) mass is 383 g/mol. The number of para-hydroxylation sites is 1. The topological polar surface area (TPSA) is 50.7 Å². The smallest absolute Gasteiger partial charge is 0.271 e. The van der Waals surface area contributed by atoms with Gasteiger partial charge in [0.1, 0.15) is 4.70 Å². The van der Waals surface area contributed by atoms with Gasteiger partial charge >= 0.3 is 0 Å². The van der Waals surface area contributed by atoms with Gasteiger partial charge in [0, 0.05) is 11.4 Å². The maximum absolute atomic E-state index is 12.4. The zero-order chi connectivity index (χ0) is 17.2. The Balaban J connectivity index is 1.78. The van der Waals surface area contributed by atoms with E-state index in [1.807, 2.05) is 53.1 Å². The van der Waals surface area contributed by atoms with Gasteiger partial charge in [-0.15, -0.1) is 0 Å². The molecule has 0 saturated heterocycles. The van der Waals surface area contributed by atoms with Crippen molar-refractivity contribution in [3.8, 4) is 5.69 Å². The second-order valence-corrected chi connectivity index (χ2v) is 7.95. The van der Waals surface area contributed by atoms with Crippen LogP contribution in [0.4, 0.5) is 0 Å². The Morgan fingerprint density at radius 2 is 1.76 bits per heavy atom. The van der Waals surface area contributed by atoms with Gasteiger partial charge in [-0.05, 0) is 29.9 Å². The van der Waals surface area contributed by atoms with Crippen LogP contribution in [0.25, 0.3) is 16.0 Å². The summed E-state index contributed by atoms with van der Waals surface area (Å²) in [6, 6.07) is 19.9. The second-order valence-electron chi connectivity index (χ2n) is 5.34. The Bertz CT molecular complexity index is 1130. The minimum Gasteiger partial charge on any atom is -0.300 e. The van der Waals surface area contributed by atoms with E-state index in [0.717, 1.165) is 11.4 Å². The number of fused-ring (bicyclic) bond motifs is 1. The minimum atomic E-state index is -0.147. The molecule has 2 aromatic heterocycles. The molecule has 0 aliphatic carbocycles. The molecule has 0 saturated carbocycles. The molecule has 4 nitrogen and oxygen atoms in total. The zero-order valence-electron chi connectivity index (χ0n) is 13.0. The number of aromatic amines is 1. The predicted molar refractivity (Wildman–Crippen MR) is 106 cm³/mol. The Morgan fingerprint density at radius 3 is 2.48 bits per heavy atom. The summed E-state index contributed by atoms with van der Waals surface area (Å²) in [5.41, 5.74) is 2.56. The zero-order valence-corrected chi connectivity index (χ0v) is 15.5. The standard InChI is InChI=1S/C18H13N3OS3/c22-16-14-15(21(18(23)25-14)13-9-5-2-6-10-13)19-17(20-16)24-11-12-7-3-1-4-8-12/h1-10H,11H2,(H,19,20,22). The summed E-state index contributed by atoms with van der Waals surface area (Å²) in [6.07, 6.45) is 0. The third-order valence-electron chi connectivity index (χ3n) is 3.65. The van der Waals surface area contributed by atoms with Crippen LogP contribution in [-0.2, 0) is 5.75 Å². The van der Waals surface area contributed by atoms with E-state index in [-0.39, 0.29) is 5.56 Å². The Hall–Kier alpha value is -2.22. The minimum absolute atomic E-state index is 0.147. The molecule has 0 radical (unpaired) electrons. The Labute approximate surface area is 157 Å². The number of nitrogens with one attached hydrogen (secondary N) is 1. The van der Waals surface area contributed by atoms with Gasteiger partial charge in [-0.3, -0.25) is 9.36 Å².